The number of ether oxygens (including phenoxy) is 2. The van der Waals surface area contributed by atoms with Crippen molar-refractivity contribution in [2.24, 2.45) is 0 Å². The van der Waals surface area contributed by atoms with Crippen LogP contribution in [0.1, 0.15) is 53.9 Å². The Morgan fingerprint density at radius 2 is 1.48 bits per heavy atom. The highest BCUT2D eigenvalue weighted by Crippen LogP contribution is 2.33. The zero-order valence-electron chi connectivity index (χ0n) is 19.3. The van der Waals surface area contributed by atoms with Crippen LogP contribution in [0, 0.1) is 0 Å². The summed E-state index contributed by atoms with van der Waals surface area (Å²) in [4.78, 5) is 14.9. The monoisotopic (exact) mass is 472 g/mol. The highest BCUT2D eigenvalue weighted by atomic mass is 32.2. The normalized spacial score (nSPS) is 18.2. The number of nitrogens with zero attached hydrogens (tertiary/aromatic N) is 2. The molecule has 2 fully saturated rings. The summed E-state index contributed by atoms with van der Waals surface area (Å²) >= 11 is 0. The third-order valence-corrected chi connectivity index (χ3v) is 8.65. The highest BCUT2D eigenvalue weighted by molar-refractivity contribution is 7.89. The number of hydrogen-bond donors (Lipinski definition) is 0. The second-order valence-corrected chi connectivity index (χ2v) is 10.6. The summed E-state index contributed by atoms with van der Waals surface area (Å²) in [6.45, 7) is 1.22. The summed E-state index contributed by atoms with van der Waals surface area (Å²) in [6, 6.07) is 12.6. The molecule has 4 rings (SSSR count). The number of rotatable bonds is 6. The molecule has 1 aliphatic carbocycles. The van der Waals surface area contributed by atoms with Gasteiger partial charge in [-0.2, -0.15) is 4.31 Å². The molecule has 1 saturated heterocycles. The number of methoxy groups -OCH3 is 2. The van der Waals surface area contributed by atoms with E-state index in [9.17, 15) is 13.2 Å². The summed E-state index contributed by atoms with van der Waals surface area (Å²) in [7, 11) is -0.713. The lowest BCUT2D eigenvalue weighted by Gasteiger charge is -2.34. The lowest BCUT2D eigenvalue weighted by molar-refractivity contribution is 0.0698. The molecule has 2 aromatic carbocycles. The average Bonchev–Trinajstić information content (AvgIpc) is 2.88. The van der Waals surface area contributed by atoms with Gasteiger partial charge in [-0.25, -0.2) is 8.42 Å². The van der Waals surface area contributed by atoms with Crippen molar-refractivity contribution in [1.29, 1.82) is 0 Å². The minimum Gasteiger partial charge on any atom is -0.493 e. The van der Waals surface area contributed by atoms with Crippen molar-refractivity contribution in [3.8, 4) is 11.5 Å². The maximum atomic E-state index is 13.1. The highest BCUT2D eigenvalue weighted by Gasteiger charge is 2.31. The van der Waals surface area contributed by atoms with E-state index in [-0.39, 0.29) is 23.9 Å². The van der Waals surface area contributed by atoms with Crippen molar-refractivity contribution in [3.05, 3.63) is 53.6 Å². The van der Waals surface area contributed by atoms with Crippen LogP contribution in [0.2, 0.25) is 0 Å². The van der Waals surface area contributed by atoms with Gasteiger partial charge in [0.25, 0.3) is 5.91 Å². The summed E-state index contributed by atoms with van der Waals surface area (Å²) in [5, 5.41) is 0. The number of carbonyl (C=O) groups is 1. The summed E-state index contributed by atoms with van der Waals surface area (Å²) < 4.78 is 38.1. The molecule has 1 saturated carbocycles. The second-order valence-electron chi connectivity index (χ2n) is 8.67. The fourth-order valence-electron chi connectivity index (χ4n) is 4.77. The lowest BCUT2D eigenvalue weighted by Crippen LogP contribution is -2.50. The van der Waals surface area contributed by atoms with Crippen LogP contribution >= 0.6 is 0 Å². The van der Waals surface area contributed by atoms with E-state index in [0.29, 0.717) is 36.1 Å². The fourth-order valence-corrected chi connectivity index (χ4v) is 6.21. The molecule has 33 heavy (non-hydrogen) atoms. The van der Waals surface area contributed by atoms with Crippen LogP contribution in [0.15, 0.2) is 47.4 Å². The fraction of sp³-hybridized carbons (Fsp3) is 0.480. The average molecular weight is 473 g/mol. The number of benzene rings is 2. The van der Waals surface area contributed by atoms with E-state index in [1.54, 1.807) is 11.0 Å². The van der Waals surface area contributed by atoms with E-state index in [0.717, 1.165) is 0 Å². The molecule has 0 N–H and O–H groups in total. The van der Waals surface area contributed by atoms with Gasteiger partial charge in [0.1, 0.15) is 0 Å². The molecule has 1 heterocycles. The molecule has 1 amide bonds. The molecule has 0 bridgehead atoms. The molecular formula is C25H32N2O5S. The van der Waals surface area contributed by atoms with Crippen LogP contribution in [0.4, 0.5) is 0 Å². The van der Waals surface area contributed by atoms with Crippen LogP contribution in [0.3, 0.4) is 0 Å². The Bertz CT molecular complexity index is 1070. The van der Waals surface area contributed by atoms with E-state index >= 15 is 0 Å². The Labute approximate surface area is 196 Å². The van der Waals surface area contributed by atoms with E-state index < -0.39 is 10.0 Å². The maximum absolute atomic E-state index is 13.1. The van der Waals surface area contributed by atoms with Gasteiger partial charge in [-0.15, -0.1) is 0 Å². The second kappa shape index (κ2) is 10.1. The summed E-state index contributed by atoms with van der Waals surface area (Å²) in [5.74, 6) is 1.40. The molecule has 8 heteroatoms. The molecule has 0 spiro atoms. The molecule has 0 atom stereocenters. The number of amides is 1. The predicted molar refractivity (Wildman–Crippen MR) is 126 cm³/mol. The number of piperazine rings is 1. The number of sulfonamides is 1. The van der Waals surface area contributed by atoms with Crippen molar-refractivity contribution in [1.82, 2.24) is 9.21 Å². The van der Waals surface area contributed by atoms with E-state index in [2.05, 4.69) is 12.1 Å². The first-order valence-corrected chi connectivity index (χ1v) is 13.0. The Kier molecular flexibility index (Phi) is 7.24. The van der Waals surface area contributed by atoms with Gasteiger partial charge in [0, 0.05) is 37.8 Å². The molecular weight excluding hydrogens is 440 g/mol. The van der Waals surface area contributed by atoms with Crippen molar-refractivity contribution in [2.45, 2.75) is 42.9 Å². The molecule has 0 aromatic heterocycles. The Balaban J connectivity index is 1.39. The SMILES string of the molecule is COc1ccc(S(=O)(=O)N2CCN(C(=O)c3ccc(C4CCCCC4)cc3)CC2)cc1OC. The van der Waals surface area contributed by atoms with Crippen molar-refractivity contribution < 1.29 is 22.7 Å². The van der Waals surface area contributed by atoms with E-state index in [4.69, 9.17) is 9.47 Å². The summed E-state index contributed by atoms with van der Waals surface area (Å²) in [6.07, 6.45) is 6.33. The third-order valence-electron chi connectivity index (χ3n) is 6.75. The largest absolute Gasteiger partial charge is 0.493 e. The molecule has 0 radical (unpaired) electrons. The Morgan fingerprint density at radius 3 is 2.09 bits per heavy atom. The van der Waals surface area contributed by atoms with Crippen LogP contribution < -0.4 is 9.47 Å². The molecule has 7 nitrogen and oxygen atoms in total. The standard InChI is InChI=1S/C25H32N2O5S/c1-31-23-13-12-22(18-24(23)32-2)33(29,30)27-16-14-26(15-17-27)25(28)21-10-8-20(9-11-21)19-6-4-3-5-7-19/h8-13,18-19H,3-7,14-17H2,1-2H3. The molecule has 2 aromatic rings. The van der Waals surface area contributed by atoms with Gasteiger partial charge in [0.2, 0.25) is 10.0 Å². The first kappa shape index (κ1) is 23.6. The zero-order valence-corrected chi connectivity index (χ0v) is 20.1. The van der Waals surface area contributed by atoms with Gasteiger partial charge >= 0.3 is 0 Å². The van der Waals surface area contributed by atoms with Gasteiger partial charge in [0.15, 0.2) is 11.5 Å². The van der Waals surface area contributed by atoms with Gasteiger partial charge in [-0.3, -0.25) is 4.79 Å². The van der Waals surface area contributed by atoms with E-state index in [1.807, 2.05) is 12.1 Å². The smallest absolute Gasteiger partial charge is 0.253 e. The van der Waals surface area contributed by atoms with Gasteiger partial charge < -0.3 is 14.4 Å². The summed E-state index contributed by atoms with van der Waals surface area (Å²) in [5.41, 5.74) is 1.97. The first-order chi connectivity index (χ1) is 15.9. The predicted octanol–water partition coefficient (Wildman–Crippen LogP) is 3.90. The maximum Gasteiger partial charge on any atom is 0.253 e. The molecule has 1 aliphatic heterocycles. The Hall–Kier alpha value is -2.58. The van der Waals surface area contributed by atoms with Crippen LogP contribution in [-0.2, 0) is 10.0 Å². The minimum absolute atomic E-state index is 0.0478. The lowest BCUT2D eigenvalue weighted by atomic mass is 9.84. The quantitative estimate of drug-likeness (QED) is 0.637. The van der Waals surface area contributed by atoms with Gasteiger partial charge in [-0.1, -0.05) is 31.4 Å². The number of carbonyl (C=O) groups excluding carboxylic acids is 1. The van der Waals surface area contributed by atoms with Crippen LogP contribution in [-0.4, -0.2) is 63.9 Å². The van der Waals surface area contributed by atoms with Gasteiger partial charge in [0.05, 0.1) is 19.1 Å². The molecule has 0 unspecified atom stereocenters. The molecule has 2 aliphatic rings. The van der Waals surface area contributed by atoms with Crippen LogP contribution in [0.5, 0.6) is 11.5 Å². The topological polar surface area (TPSA) is 76.2 Å². The third kappa shape index (κ3) is 5.01. The zero-order chi connectivity index (χ0) is 23.4. The minimum atomic E-state index is -3.69. The van der Waals surface area contributed by atoms with Crippen molar-refractivity contribution in [2.75, 3.05) is 40.4 Å². The molecule has 178 valence electrons. The Morgan fingerprint density at radius 1 is 0.848 bits per heavy atom. The van der Waals surface area contributed by atoms with E-state index in [1.165, 1.54) is 68.3 Å². The first-order valence-electron chi connectivity index (χ1n) is 11.6. The van der Waals surface area contributed by atoms with Crippen molar-refractivity contribution in [3.63, 3.8) is 0 Å². The number of hydrogen-bond acceptors (Lipinski definition) is 5. The van der Waals surface area contributed by atoms with Gasteiger partial charge in [-0.05, 0) is 48.6 Å². The van der Waals surface area contributed by atoms with Crippen LogP contribution in [0.25, 0.3) is 0 Å². The van der Waals surface area contributed by atoms with Crippen molar-refractivity contribution >= 4 is 15.9 Å².